The molecule has 0 aliphatic carbocycles. The van der Waals surface area contributed by atoms with E-state index in [1.165, 1.54) is 0 Å². The van der Waals surface area contributed by atoms with Crippen LogP contribution in [0.4, 0.5) is 11.5 Å². The standard InChI is InChI=1S/C10H21N5O/c1-10(2,3)15-9(12)8(11)7(14-15)6-13-4-5-16/h13,16H,4-6,11-12H2,1-3H3. The number of aromatic nitrogens is 2. The van der Waals surface area contributed by atoms with Crippen molar-refractivity contribution in [3.8, 4) is 0 Å². The van der Waals surface area contributed by atoms with Gasteiger partial charge in [-0.15, -0.1) is 0 Å². The Morgan fingerprint density at radius 2 is 2.00 bits per heavy atom. The maximum absolute atomic E-state index is 8.66. The molecule has 1 heterocycles. The number of nitrogen functional groups attached to an aromatic ring is 2. The van der Waals surface area contributed by atoms with Crippen molar-refractivity contribution in [1.82, 2.24) is 15.1 Å². The number of hydrogen-bond acceptors (Lipinski definition) is 5. The van der Waals surface area contributed by atoms with Crippen molar-refractivity contribution in [3.05, 3.63) is 5.69 Å². The Morgan fingerprint density at radius 1 is 1.38 bits per heavy atom. The van der Waals surface area contributed by atoms with Gasteiger partial charge in [0.05, 0.1) is 17.8 Å². The van der Waals surface area contributed by atoms with Gasteiger partial charge < -0.3 is 21.9 Å². The van der Waals surface area contributed by atoms with Gasteiger partial charge in [0.25, 0.3) is 0 Å². The summed E-state index contributed by atoms with van der Waals surface area (Å²) in [6, 6.07) is 0. The average Bonchev–Trinajstić information content (AvgIpc) is 2.45. The minimum absolute atomic E-state index is 0.0926. The largest absolute Gasteiger partial charge is 0.395 e. The summed E-state index contributed by atoms with van der Waals surface area (Å²) >= 11 is 0. The third kappa shape index (κ3) is 2.65. The van der Waals surface area contributed by atoms with Gasteiger partial charge in [0.2, 0.25) is 0 Å². The highest BCUT2D eigenvalue weighted by atomic mass is 16.3. The first-order chi connectivity index (χ1) is 7.38. The highest BCUT2D eigenvalue weighted by Gasteiger charge is 2.21. The minimum atomic E-state index is -0.187. The number of hydrogen-bond donors (Lipinski definition) is 4. The van der Waals surface area contributed by atoms with Crippen LogP contribution in [0.1, 0.15) is 26.5 Å². The lowest BCUT2D eigenvalue weighted by atomic mass is 10.1. The molecular weight excluding hydrogens is 206 g/mol. The Hall–Kier alpha value is -1.27. The molecule has 6 heteroatoms. The lowest BCUT2D eigenvalue weighted by Crippen LogP contribution is -2.25. The van der Waals surface area contributed by atoms with E-state index in [1.807, 2.05) is 20.8 Å². The predicted octanol–water partition coefficient (Wildman–Crippen LogP) is -0.116. The van der Waals surface area contributed by atoms with Gasteiger partial charge in [-0.3, -0.25) is 0 Å². The number of anilines is 2. The summed E-state index contributed by atoms with van der Waals surface area (Å²) in [6.07, 6.45) is 0. The van der Waals surface area contributed by atoms with Gasteiger partial charge in [-0.05, 0) is 20.8 Å². The highest BCUT2D eigenvalue weighted by molar-refractivity contribution is 5.62. The summed E-state index contributed by atoms with van der Waals surface area (Å²) in [5.41, 5.74) is 12.8. The molecule has 0 aromatic carbocycles. The first-order valence-corrected chi connectivity index (χ1v) is 5.33. The molecule has 0 fully saturated rings. The average molecular weight is 227 g/mol. The second kappa shape index (κ2) is 4.71. The molecule has 0 saturated carbocycles. The molecule has 0 atom stereocenters. The van der Waals surface area contributed by atoms with E-state index in [9.17, 15) is 0 Å². The molecule has 0 radical (unpaired) electrons. The van der Waals surface area contributed by atoms with Gasteiger partial charge in [0.1, 0.15) is 11.5 Å². The van der Waals surface area contributed by atoms with Crippen LogP contribution in [0.15, 0.2) is 0 Å². The zero-order valence-corrected chi connectivity index (χ0v) is 10.1. The van der Waals surface area contributed by atoms with E-state index in [4.69, 9.17) is 16.6 Å². The Bertz CT molecular complexity index is 353. The summed E-state index contributed by atoms with van der Waals surface area (Å²) in [6.45, 7) is 7.17. The molecule has 0 bridgehead atoms. The number of nitrogens with one attached hydrogen (secondary N) is 1. The lowest BCUT2D eigenvalue weighted by Gasteiger charge is -2.20. The van der Waals surface area contributed by atoms with Crippen molar-refractivity contribution in [1.29, 1.82) is 0 Å². The molecule has 0 aliphatic heterocycles. The fourth-order valence-electron chi connectivity index (χ4n) is 1.42. The van der Waals surface area contributed by atoms with E-state index in [-0.39, 0.29) is 12.1 Å². The summed E-state index contributed by atoms with van der Waals surface area (Å²) < 4.78 is 1.72. The van der Waals surface area contributed by atoms with Crippen LogP contribution in [0, 0.1) is 0 Å². The van der Waals surface area contributed by atoms with Crippen molar-refractivity contribution in [2.45, 2.75) is 32.9 Å². The molecular formula is C10H21N5O. The maximum atomic E-state index is 8.66. The Labute approximate surface area is 95.6 Å². The monoisotopic (exact) mass is 227 g/mol. The fraction of sp³-hybridized carbons (Fsp3) is 0.700. The van der Waals surface area contributed by atoms with Crippen molar-refractivity contribution < 1.29 is 5.11 Å². The van der Waals surface area contributed by atoms with Gasteiger partial charge in [0.15, 0.2) is 0 Å². The molecule has 0 saturated heterocycles. The van der Waals surface area contributed by atoms with E-state index in [0.717, 1.165) is 5.69 Å². The third-order valence-corrected chi connectivity index (χ3v) is 2.25. The smallest absolute Gasteiger partial charge is 0.146 e. The summed E-state index contributed by atoms with van der Waals surface area (Å²) in [7, 11) is 0. The van der Waals surface area contributed by atoms with E-state index in [0.29, 0.717) is 24.6 Å². The molecule has 6 N–H and O–H groups in total. The molecule has 0 unspecified atom stereocenters. The number of nitrogens with two attached hydrogens (primary N) is 2. The Kier molecular flexibility index (Phi) is 3.77. The molecule has 6 nitrogen and oxygen atoms in total. The van der Waals surface area contributed by atoms with Crippen LogP contribution in [0.3, 0.4) is 0 Å². The van der Waals surface area contributed by atoms with Crippen LogP contribution < -0.4 is 16.8 Å². The first-order valence-electron chi connectivity index (χ1n) is 5.33. The lowest BCUT2D eigenvalue weighted by molar-refractivity contribution is 0.291. The first kappa shape index (κ1) is 12.8. The van der Waals surface area contributed by atoms with Crippen molar-refractivity contribution in [3.63, 3.8) is 0 Å². The maximum Gasteiger partial charge on any atom is 0.146 e. The van der Waals surface area contributed by atoms with Gasteiger partial charge in [-0.1, -0.05) is 0 Å². The molecule has 0 aliphatic rings. The van der Waals surface area contributed by atoms with Gasteiger partial charge in [0, 0.05) is 13.1 Å². The summed E-state index contributed by atoms with van der Waals surface area (Å²) in [5.74, 6) is 0.494. The van der Waals surface area contributed by atoms with Crippen molar-refractivity contribution in [2.75, 3.05) is 24.6 Å². The van der Waals surface area contributed by atoms with E-state index < -0.39 is 0 Å². The van der Waals surface area contributed by atoms with Crippen LogP contribution in [0.2, 0.25) is 0 Å². The van der Waals surface area contributed by atoms with Crippen LogP contribution >= 0.6 is 0 Å². The number of aliphatic hydroxyl groups is 1. The normalized spacial score (nSPS) is 12.0. The Balaban J connectivity index is 2.88. The zero-order chi connectivity index (χ0) is 12.3. The SMILES string of the molecule is CC(C)(C)n1nc(CNCCO)c(N)c1N. The van der Waals surface area contributed by atoms with E-state index >= 15 is 0 Å². The van der Waals surface area contributed by atoms with Crippen LogP contribution in [-0.4, -0.2) is 28.0 Å². The Morgan fingerprint density at radius 3 is 2.44 bits per heavy atom. The third-order valence-electron chi connectivity index (χ3n) is 2.25. The topological polar surface area (TPSA) is 102 Å². The van der Waals surface area contributed by atoms with Crippen molar-refractivity contribution in [2.24, 2.45) is 0 Å². The molecule has 1 aromatic rings. The highest BCUT2D eigenvalue weighted by Crippen LogP contribution is 2.25. The van der Waals surface area contributed by atoms with Crippen LogP contribution in [0.5, 0.6) is 0 Å². The molecule has 1 aromatic heterocycles. The second-order valence-corrected chi connectivity index (χ2v) is 4.73. The quantitative estimate of drug-likeness (QED) is 0.537. The van der Waals surface area contributed by atoms with E-state index in [2.05, 4.69) is 10.4 Å². The van der Waals surface area contributed by atoms with Crippen molar-refractivity contribution >= 4 is 11.5 Å². The number of aliphatic hydroxyl groups excluding tert-OH is 1. The zero-order valence-electron chi connectivity index (χ0n) is 10.1. The number of rotatable bonds is 4. The molecule has 1 rings (SSSR count). The number of nitrogens with zero attached hydrogens (tertiary/aromatic N) is 2. The molecule has 0 amide bonds. The minimum Gasteiger partial charge on any atom is -0.395 e. The summed E-state index contributed by atoms with van der Waals surface area (Å²) in [5, 5.41) is 16.1. The molecule has 0 spiro atoms. The fourth-order valence-corrected chi connectivity index (χ4v) is 1.42. The summed E-state index contributed by atoms with van der Waals surface area (Å²) in [4.78, 5) is 0. The van der Waals surface area contributed by atoms with Crippen LogP contribution in [0.25, 0.3) is 0 Å². The van der Waals surface area contributed by atoms with Gasteiger partial charge >= 0.3 is 0 Å². The molecule has 16 heavy (non-hydrogen) atoms. The molecule has 92 valence electrons. The van der Waals surface area contributed by atoms with Gasteiger partial charge in [-0.2, -0.15) is 5.10 Å². The van der Waals surface area contributed by atoms with Crippen LogP contribution in [-0.2, 0) is 12.1 Å². The second-order valence-electron chi connectivity index (χ2n) is 4.73. The van der Waals surface area contributed by atoms with E-state index in [1.54, 1.807) is 4.68 Å². The predicted molar refractivity (Wildman–Crippen MR) is 64.8 cm³/mol. The van der Waals surface area contributed by atoms with Gasteiger partial charge in [-0.25, -0.2) is 4.68 Å².